The fraction of sp³-hybridized carbons (Fsp3) is 0.773. The number of hydrogen-bond acceptors (Lipinski definition) is 5. The molecule has 75 heavy (non-hydrogen) atoms. The predicted molar refractivity (Wildman–Crippen MR) is 327 cm³/mol. The van der Waals surface area contributed by atoms with E-state index in [0.29, 0.717) is 17.4 Å². The minimum atomic E-state index is -4.36. The number of rotatable bonds is 57. The van der Waals surface area contributed by atoms with Gasteiger partial charge in [0.15, 0.2) is 0 Å². The van der Waals surface area contributed by atoms with Crippen LogP contribution in [0.15, 0.2) is 85.1 Å². The standard InChI is InChI=1S/C66H121N2O6P/c1-6-8-10-12-14-16-18-20-22-24-26-28-30-32-33-34-35-36-38-40-42-44-46-48-50-52-54-56-58-60-66(70)67-64(63-74-75(71,72)73-62-61-68(3,4)5)65(69)59-57-55-53-51-49-47-45-43-41-39-37-31-29-27-25-23-21-19-17-15-13-11-9-7-2/h8,10,14,16,20,22,26,28,32-33,35-36,57,59,64-65,69H,6-7,9,11-13,15,17-19,21,23-25,27,29-31,34,37-56,58,60-63H2,1-5H3,(H-,67,70,71,72)/p+1/b10-8-,16-14-,22-20-,28-26-,33-32-,36-35-,59-57+. The lowest BCUT2D eigenvalue weighted by Crippen LogP contribution is -2.45. The minimum absolute atomic E-state index is 0.0576. The van der Waals surface area contributed by atoms with Crippen LogP contribution < -0.4 is 5.32 Å². The molecule has 436 valence electrons. The van der Waals surface area contributed by atoms with E-state index in [1.165, 1.54) is 173 Å². The van der Waals surface area contributed by atoms with Crippen molar-refractivity contribution in [2.24, 2.45) is 0 Å². The Hall–Kier alpha value is -2.32. The van der Waals surface area contributed by atoms with Gasteiger partial charge in [-0.05, 0) is 70.6 Å². The number of phosphoric acid groups is 1. The molecule has 3 atom stereocenters. The van der Waals surface area contributed by atoms with Gasteiger partial charge in [-0.2, -0.15) is 0 Å². The Labute approximate surface area is 465 Å². The monoisotopic (exact) mass is 1070 g/mol. The lowest BCUT2D eigenvalue weighted by Gasteiger charge is -2.25. The van der Waals surface area contributed by atoms with Crippen molar-refractivity contribution >= 4 is 13.7 Å². The van der Waals surface area contributed by atoms with E-state index >= 15 is 0 Å². The molecule has 1 amide bonds. The number of likely N-dealkylation sites (N-methyl/N-ethyl adjacent to an activating group) is 1. The third kappa shape index (κ3) is 59.2. The molecule has 3 N–H and O–H groups in total. The normalized spacial score (nSPS) is 14.4. The SMILES string of the molecule is CC/C=C\C/C=C\C/C=C\C/C=C\C/C=C\C/C=C\CCCCCCCCCCCCC(=O)NC(COP(=O)(O)OCC[N+](C)(C)C)C(O)/C=C/CCCCCCCCCCCCCCCCCCCCCCCC. The molecule has 0 saturated heterocycles. The summed E-state index contributed by atoms with van der Waals surface area (Å²) in [6.07, 6.45) is 79.8. The van der Waals surface area contributed by atoms with Crippen LogP contribution in [0.4, 0.5) is 0 Å². The minimum Gasteiger partial charge on any atom is -0.387 e. The van der Waals surface area contributed by atoms with Crippen LogP contribution in [0.25, 0.3) is 0 Å². The van der Waals surface area contributed by atoms with Crippen molar-refractivity contribution in [2.45, 2.75) is 289 Å². The van der Waals surface area contributed by atoms with E-state index in [9.17, 15) is 19.4 Å². The number of hydrogen-bond donors (Lipinski definition) is 3. The predicted octanol–water partition coefficient (Wildman–Crippen LogP) is 19.6. The van der Waals surface area contributed by atoms with Crippen LogP contribution in [0.3, 0.4) is 0 Å². The van der Waals surface area contributed by atoms with Gasteiger partial charge in [0, 0.05) is 6.42 Å². The number of aliphatic hydroxyl groups excluding tert-OH is 1. The second-order valence-corrected chi connectivity index (χ2v) is 23.9. The highest BCUT2D eigenvalue weighted by Crippen LogP contribution is 2.43. The van der Waals surface area contributed by atoms with Gasteiger partial charge in [0.1, 0.15) is 13.2 Å². The van der Waals surface area contributed by atoms with Crippen molar-refractivity contribution < 1.29 is 32.9 Å². The molecule has 3 unspecified atom stereocenters. The molecule has 0 saturated carbocycles. The lowest BCUT2D eigenvalue weighted by molar-refractivity contribution is -0.870. The van der Waals surface area contributed by atoms with E-state index in [1.807, 2.05) is 27.2 Å². The molecule has 9 heteroatoms. The Morgan fingerprint density at radius 3 is 1.17 bits per heavy atom. The number of quaternary nitrogens is 1. The average molecular weight is 1070 g/mol. The molecule has 0 aliphatic carbocycles. The van der Waals surface area contributed by atoms with Crippen molar-refractivity contribution in [1.82, 2.24) is 5.32 Å². The first kappa shape index (κ1) is 72.7. The van der Waals surface area contributed by atoms with E-state index in [0.717, 1.165) is 83.5 Å². The fourth-order valence-corrected chi connectivity index (χ4v) is 9.72. The molecule has 0 aromatic rings. The van der Waals surface area contributed by atoms with E-state index in [4.69, 9.17) is 9.05 Å². The maximum absolute atomic E-state index is 13.0. The first-order chi connectivity index (χ1) is 36.5. The number of allylic oxidation sites excluding steroid dienone is 13. The summed E-state index contributed by atoms with van der Waals surface area (Å²) in [5.74, 6) is -0.182. The summed E-state index contributed by atoms with van der Waals surface area (Å²) in [5, 5.41) is 14.0. The Kier molecular flexibility index (Phi) is 54.7. The smallest absolute Gasteiger partial charge is 0.387 e. The zero-order chi connectivity index (χ0) is 54.9. The highest BCUT2D eigenvalue weighted by atomic mass is 31.2. The summed E-state index contributed by atoms with van der Waals surface area (Å²) < 4.78 is 23.8. The van der Waals surface area contributed by atoms with E-state index in [-0.39, 0.29) is 19.1 Å². The quantitative estimate of drug-likeness (QED) is 0.0243. The van der Waals surface area contributed by atoms with Gasteiger partial charge in [-0.15, -0.1) is 0 Å². The average Bonchev–Trinajstić information content (AvgIpc) is 3.37. The van der Waals surface area contributed by atoms with Crippen LogP contribution in [0.1, 0.15) is 277 Å². The number of aliphatic hydroxyl groups is 1. The highest BCUT2D eigenvalue weighted by Gasteiger charge is 2.27. The van der Waals surface area contributed by atoms with Crippen molar-refractivity contribution in [3.8, 4) is 0 Å². The number of carbonyl (C=O) groups is 1. The number of amides is 1. The summed E-state index contributed by atoms with van der Waals surface area (Å²) in [6, 6.07) is -0.855. The van der Waals surface area contributed by atoms with Gasteiger partial charge in [-0.25, -0.2) is 4.57 Å². The lowest BCUT2D eigenvalue weighted by atomic mass is 10.0. The van der Waals surface area contributed by atoms with Gasteiger partial charge in [0.05, 0.1) is 39.9 Å². The number of carbonyl (C=O) groups excluding carboxylic acids is 1. The third-order valence-corrected chi connectivity index (χ3v) is 14.9. The Morgan fingerprint density at radius 1 is 0.467 bits per heavy atom. The van der Waals surface area contributed by atoms with E-state index in [1.54, 1.807) is 6.08 Å². The molecule has 0 spiro atoms. The van der Waals surface area contributed by atoms with Crippen molar-refractivity contribution in [1.29, 1.82) is 0 Å². The van der Waals surface area contributed by atoms with Gasteiger partial charge in [0.2, 0.25) is 5.91 Å². The van der Waals surface area contributed by atoms with Gasteiger partial charge in [0.25, 0.3) is 0 Å². The number of unbranched alkanes of at least 4 members (excludes halogenated alkanes) is 32. The number of nitrogens with zero attached hydrogens (tertiary/aromatic N) is 1. The zero-order valence-corrected chi connectivity index (χ0v) is 50.7. The Bertz CT molecular complexity index is 1500. The number of phosphoric ester groups is 1. The molecular weight excluding hydrogens is 948 g/mol. The Balaban J connectivity index is 4.19. The van der Waals surface area contributed by atoms with Crippen molar-refractivity contribution in [2.75, 3.05) is 40.9 Å². The second kappa shape index (κ2) is 56.4. The summed E-state index contributed by atoms with van der Waals surface area (Å²) in [4.78, 5) is 23.4. The first-order valence-electron chi connectivity index (χ1n) is 31.5. The molecule has 0 bridgehead atoms. The molecule has 0 aromatic carbocycles. The summed E-state index contributed by atoms with van der Waals surface area (Å²) in [5.41, 5.74) is 0. The van der Waals surface area contributed by atoms with Gasteiger partial charge < -0.3 is 19.8 Å². The van der Waals surface area contributed by atoms with Crippen LogP contribution >= 0.6 is 7.82 Å². The van der Waals surface area contributed by atoms with E-state index in [2.05, 4.69) is 92.1 Å². The van der Waals surface area contributed by atoms with Gasteiger partial charge in [-0.1, -0.05) is 285 Å². The maximum Gasteiger partial charge on any atom is 0.472 e. The first-order valence-corrected chi connectivity index (χ1v) is 33.0. The van der Waals surface area contributed by atoms with Gasteiger partial charge in [-0.3, -0.25) is 13.8 Å². The second-order valence-electron chi connectivity index (χ2n) is 22.4. The van der Waals surface area contributed by atoms with Crippen LogP contribution in [0.5, 0.6) is 0 Å². The topological polar surface area (TPSA) is 105 Å². The van der Waals surface area contributed by atoms with Gasteiger partial charge >= 0.3 is 7.82 Å². The summed E-state index contributed by atoms with van der Waals surface area (Å²) in [6.45, 7) is 4.72. The molecular formula is C66H122N2O6P+. The third-order valence-electron chi connectivity index (χ3n) is 13.9. The molecule has 0 rings (SSSR count). The summed E-state index contributed by atoms with van der Waals surface area (Å²) >= 11 is 0. The molecule has 0 aliphatic heterocycles. The maximum atomic E-state index is 13.0. The van der Waals surface area contributed by atoms with Crippen LogP contribution in [0.2, 0.25) is 0 Å². The van der Waals surface area contributed by atoms with Crippen molar-refractivity contribution in [3.05, 3.63) is 85.1 Å². The van der Waals surface area contributed by atoms with Crippen LogP contribution in [0, 0.1) is 0 Å². The zero-order valence-electron chi connectivity index (χ0n) is 49.8. The highest BCUT2D eigenvalue weighted by molar-refractivity contribution is 7.47. The van der Waals surface area contributed by atoms with E-state index < -0.39 is 20.0 Å². The summed E-state index contributed by atoms with van der Waals surface area (Å²) in [7, 11) is 1.57. The molecule has 0 heterocycles. The Morgan fingerprint density at radius 2 is 0.800 bits per heavy atom. The fourth-order valence-electron chi connectivity index (χ4n) is 8.99. The van der Waals surface area contributed by atoms with Crippen LogP contribution in [-0.2, 0) is 18.4 Å². The molecule has 0 aromatic heterocycles. The van der Waals surface area contributed by atoms with Crippen LogP contribution in [-0.4, -0.2) is 73.4 Å². The number of nitrogens with one attached hydrogen (secondary N) is 1. The molecule has 8 nitrogen and oxygen atoms in total. The molecule has 0 fully saturated rings. The van der Waals surface area contributed by atoms with Crippen molar-refractivity contribution in [3.63, 3.8) is 0 Å². The largest absolute Gasteiger partial charge is 0.472 e. The molecule has 0 radical (unpaired) electrons. The molecule has 0 aliphatic rings.